The number of benzene rings is 5. The van der Waals surface area contributed by atoms with Gasteiger partial charge in [0, 0.05) is 28.6 Å². The van der Waals surface area contributed by atoms with Gasteiger partial charge in [-0.05, 0) is 119 Å². The van der Waals surface area contributed by atoms with Gasteiger partial charge in [0.1, 0.15) is 23.3 Å². The monoisotopic (exact) mass is 589 g/mol. The number of rotatable bonds is 4. The van der Waals surface area contributed by atoms with E-state index in [1.807, 2.05) is 36.4 Å². The molecule has 3 aliphatic carbocycles. The zero-order chi connectivity index (χ0) is 30.2. The molecule has 5 heteroatoms. The second-order valence-electron chi connectivity index (χ2n) is 13.3. The predicted octanol–water partition coefficient (Wildman–Crippen LogP) is 11.3. The highest BCUT2D eigenvalue weighted by molar-refractivity contribution is 6.11. The quantitative estimate of drug-likeness (QED) is 0.180. The fourth-order valence-corrected chi connectivity index (χ4v) is 8.48. The van der Waals surface area contributed by atoms with Crippen molar-refractivity contribution in [3.63, 3.8) is 0 Å². The van der Waals surface area contributed by atoms with Crippen LogP contribution in [0.1, 0.15) is 51.0 Å². The Morgan fingerprint density at radius 1 is 0.545 bits per heavy atom. The lowest BCUT2D eigenvalue weighted by Gasteiger charge is -2.54. The molecule has 9 rings (SSSR count). The number of nitrogens with zero attached hydrogens (tertiary/aromatic N) is 1. The van der Waals surface area contributed by atoms with Crippen molar-refractivity contribution in [2.45, 2.75) is 50.9 Å². The Morgan fingerprint density at radius 2 is 1.05 bits per heavy atom. The zero-order valence-corrected chi connectivity index (χ0v) is 24.4. The molecule has 0 radical (unpaired) electrons. The van der Waals surface area contributed by atoms with Crippen LogP contribution in [0.15, 0.2) is 97.1 Å². The van der Waals surface area contributed by atoms with E-state index in [-0.39, 0.29) is 5.41 Å². The van der Waals surface area contributed by atoms with Crippen LogP contribution >= 0.6 is 0 Å². The van der Waals surface area contributed by atoms with E-state index in [0.29, 0.717) is 27.7 Å². The number of para-hydroxylation sites is 1. The van der Waals surface area contributed by atoms with Gasteiger partial charge in [-0.3, -0.25) is 0 Å². The summed E-state index contributed by atoms with van der Waals surface area (Å²) in [7, 11) is 0. The topological polar surface area (TPSA) is 4.93 Å². The van der Waals surface area contributed by atoms with Gasteiger partial charge in [0.2, 0.25) is 0 Å². The summed E-state index contributed by atoms with van der Waals surface area (Å²) in [6.45, 7) is 2.42. The van der Waals surface area contributed by atoms with Crippen LogP contribution in [-0.4, -0.2) is 4.57 Å². The molecule has 6 aromatic rings. The van der Waals surface area contributed by atoms with Crippen LogP contribution in [0, 0.1) is 28.7 Å². The molecule has 1 aromatic heterocycles. The van der Waals surface area contributed by atoms with E-state index in [0.717, 1.165) is 39.6 Å². The van der Waals surface area contributed by atoms with Gasteiger partial charge in [0.25, 0.3) is 0 Å². The first-order valence-electron chi connectivity index (χ1n) is 15.3. The molecule has 3 fully saturated rings. The lowest BCUT2D eigenvalue weighted by molar-refractivity contribution is 0.0441. The summed E-state index contributed by atoms with van der Waals surface area (Å²) >= 11 is 0. The van der Waals surface area contributed by atoms with Gasteiger partial charge in [-0.15, -0.1) is 0 Å². The molecule has 2 bridgehead atoms. The first-order chi connectivity index (χ1) is 21.2. The van der Waals surface area contributed by atoms with Gasteiger partial charge in [-0.1, -0.05) is 50.1 Å². The molecule has 44 heavy (non-hydrogen) atoms. The molecule has 5 aromatic carbocycles. The van der Waals surface area contributed by atoms with Crippen molar-refractivity contribution in [2.24, 2.45) is 5.41 Å². The van der Waals surface area contributed by atoms with Crippen molar-refractivity contribution in [2.75, 3.05) is 0 Å². The molecule has 0 spiro atoms. The molecule has 3 aliphatic rings. The second-order valence-corrected chi connectivity index (χ2v) is 13.3. The number of hydrogen-bond donors (Lipinski definition) is 0. The zero-order valence-electron chi connectivity index (χ0n) is 24.4. The first kappa shape index (κ1) is 27.2. The smallest absolute Gasteiger partial charge is 0.126 e. The molecule has 0 amide bonds. The van der Waals surface area contributed by atoms with Crippen LogP contribution in [-0.2, 0) is 5.41 Å². The van der Waals surface area contributed by atoms with E-state index in [4.69, 9.17) is 0 Å². The van der Waals surface area contributed by atoms with Gasteiger partial charge in [0.15, 0.2) is 0 Å². The molecule has 0 atom stereocenters. The SMILES string of the molecule is CC12CCCCC(c3ccccc3-n3c4ccc(-c5cc(F)cc(F)c5)cc4c4cc(-c5cc(F)cc(F)c5)ccc43)(C1)C2. The second kappa shape index (κ2) is 9.82. The van der Waals surface area contributed by atoms with E-state index in [1.54, 1.807) is 0 Å². The van der Waals surface area contributed by atoms with Crippen LogP contribution < -0.4 is 0 Å². The minimum atomic E-state index is -0.637. The Hall–Kier alpha value is -4.38. The summed E-state index contributed by atoms with van der Waals surface area (Å²) in [5.74, 6) is -2.55. The van der Waals surface area contributed by atoms with Gasteiger partial charge < -0.3 is 4.57 Å². The highest BCUT2D eigenvalue weighted by Crippen LogP contribution is 2.63. The Kier molecular flexibility index (Phi) is 6.07. The molecule has 220 valence electrons. The van der Waals surface area contributed by atoms with E-state index in [1.165, 1.54) is 68.4 Å². The standard InChI is InChI=1S/C39H31F4N/c1-38-12-4-5-13-39(22-38,23-38)34-6-2-3-7-37(34)44-35-10-8-24(26-14-28(40)20-29(41)15-26)18-32(35)33-19-25(9-11-36(33)44)27-16-30(42)21-31(43)17-27/h2-3,6-11,14-21H,4-5,12-13,22-23H2,1H3. The minimum absolute atomic E-state index is 0.128. The molecule has 0 N–H and O–H groups in total. The highest BCUT2D eigenvalue weighted by Gasteiger charge is 2.54. The van der Waals surface area contributed by atoms with Crippen molar-refractivity contribution in [1.82, 2.24) is 4.57 Å². The Bertz CT molecular complexity index is 1950. The number of hydrogen-bond acceptors (Lipinski definition) is 0. The Morgan fingerprint density at radius 3 is 1.59 bits per heavy atom. The lowest BCUT2D eigenvalue weighted by atomic mass is 9.50. The fourth-order valence-electron chi connectivity index (χ4n) is 8.48. The summed E-state index contributed by atoms with van der Waals surface area (Å²) in [6, 6.07) is 27.5. The van der Waals surface area contributed by atoms with Crippen LogP contribution in [0.3, 0.4) is 0 Å². The maximum atomic E-state index is 14.2. The number of aromatic nitrogens is 1. The molecule has 0 aliphatic heterocycles. The summed E-state index contributed by atoms with van der Waals surface area (Å²) < 4.78 is 59.2. The van der Waals surface area contributed by atoms with E-state index in [9.17, 15) is 17.6 Å². The lowest BCUT2D eigenvalue weighted by Crippen LogP contribution is -2.47. The molecular formula is C39H31F4N. The first-order valence-corrected chi connectivity index (χ1v) is 15.3. The number of halogens is 4. The van der Waals surface area contributed by atoms with Gasteiger partial charge in [-0.2, -0.15) is 0 Å². The molecule has 1 heterocycles. The predicted molar refractivity (Wildman–Crippen MR) is 169 cm³/mol. The van der Waals surface area contributed by atoms with Crippen molar-refractivity contribution < 1.29 is 17.6 Å². The molecule has 0 saturated heterocycles. The van der Waals surface area contributed by atoms with E-state index >= 15 is 0 Å². The highest BCUT2D eigenvalue weighted by atomic mass is 19.1. The van der Waals surface area contributed by atoms with Crippen molar-refractivity contribution >= 4 is 21.8 Å². The minimum Gasteiger partial charge on any atom is -0.309 e. The molecule has 0 unspecified atom stereocenters. The normalized spacial score (nSPS) is 21.4. The maximum Gasteiger partial charge on any atom is 0.126 e. The van der Waals surface area contributed by atoms with Crippen LogP contribution in [0.2, 0.25) is 0 Å². The fraction of sp³-hybridized carbons (Fsp3) is 0.231. The summed E-state index contributed by atoms with van der Waals surface area (Å²) in [5.41, 5.74) is 7.17. The van der Waals surface area contributed by atoms with Crippen LogP contribution in [0.25, 0.3) is 49.7 Å². The van der Waals surface area contributed by atoms with Gasteiger partial charge in [0.05, 0.1) is 11.0 Å². The largest absolute Gasteiger partial charge is 0.309 e. The maximum absolute atomic E-state index is 14.2. The Balaban J connectivity index is 1.39. The molecule has 3 saturated carbocycles. The summed E-state index contributed by atoms with van der Waals surface area (Å²) in [4.78, 5) is 0. The van der Waals surface area contributed by atoms with Crippen molar-refractivity contribution in [1.29, 1.82) is 0 Å². The summed E-state index contributed by atoms with van der Waals surface area (Å²) in [6.07, 6.45) is 7.29. The van der Waals surface area contributed by atoms with E-state index in [2.05, 4.69) is 35.8 Å². The third-order valence-corrected chi connectivity index (χ3v) is 10.1. The van der Waals surface area contributed by atoms with Crippen molar-refractivity contribution in [3.05, 3.63) is 126 Å². The van der Waals surface area contributed by atoms with Gasteiger partial charge in [-0.25, -0.2) is 17.6 Å². The Labute approximate surface area is 253 Å². The van der Waals surface area contributed by atoms with Crippen molar-refractivity contribution in [3.8, 4) is 27.9 Å². The van der Waals surface area contributed by atoms with Crippen LogP contribution in [0.4, 0.5) is 17.6 Å². The van der Waals surface area contributed by atoms with E-state index < -0.39 is 23.3 Å². The number of fused-ring (bicyclic) bond motifs is 6. The average Bonchev–Trinajstić information content (AvgIpc) is 3.06. The average molecular weight is 590 g/mol. The summed E-state index contributed by atoms with van der Waals surface area (Å²) in [5, 5.41) is 1.79. The van der Waals surface area contributed by atoms with Crippen LogP contribution in [0.5, 0.6) is 0 Å². The third-order valence-electron chi connectivity index (χ3n) is 10.1. The molecular weight excluding hydrogens is 558 g/mol. The van der Waals surface area contributed by atoms with Gasteiger partial charge >= 0.3 is 0 Å². The molecule has 1 nitrogen and oxygen atoms in total. The third kappa shape index (κ3) is 4.36.